The molecule has 2 fully saturated rings. The van der Waals surface area contributed by atoms with E-state index in [4.69, 9.17) is 0 Å². The molecule has 0 aliphatic carbocycles. The minimum Gasteiger partial charge on any atom is -0.504 e. The normalized spacial score (nSPS) is 19.0. The zero-order valence-corrected chi connectivity index (χ0v) is 22.0. The monoisotopic (exact) mass is 554 g/mol. The molecule has 0 aromatic heterocycles. The molecular weight excluding hydrogens is 520 g/mol. The fourth-order valence-corrected chi connectivity index (χ4v) is 5.08. The van der Waals surface area contributed by atoms with Crippen molar-refractivity contribution in [2.75, 3.05) is 26.2 Å². The van der Waals surface area contributed by atoms with E-state index in [-0.39, 0.29) is 90.4 Å². The van der Waals surface area contributed by atoms with Gasteiger partial charge < -0.3 is 41.7 Å². The molecule has 2 atom stereocenters. The molecule has 2 saturated heterocycles. The van der Waals surface area contributed by atoms with Crippen LogP contribution in [0.3, 0.4) is 0 Å². The van der Waals surface area contributed by atoms with Gasteiger partial charge in [0.25, 0.3) is 0 Å². The number of rotatable bonds is 8. The van der Waals surface area contributed by atoms with Crippen molar-refractivity contribution in [3.63, 3.8) is 0 Å². The van der Waals surface area contributed by atoms with Gasteiger partial charge in [-0.05, 0) is 43.1 Å². The Morgan fingerprint density at radius 2 is 1.45 bits per heavy atom. The molecule has 12 heteroatoms. The molecule has 2 heterocycles. The average molecular weight is 555 g/mol. The number of amides is 3. The summed E-state index contributed by atoms with van der Waals surface area (Å²) in [7, 11) is 0. The number of hydrogen-bond donors (Lipinski definition) is 8. The molecule has 12 nitrogen and oxygen atoms in total. The molecule has 2 aromatic carbocycles. The summed E-state index contributed by atoms with van der Waals surface area (Å²) >= 11 is 0. The van der Waals surface area contributed by atoms with Crippen molar-refractivity contribution in [3.05, 3.63) is 45.8 Å². The van der Waals surface area contributed by atoms with Crippen LogP contribution in [0.5, 0.6) is 23.0 Å². The summed E-state index contributed by atoms with van der Waals surface area (Å²) < 4.78 is 0. The fourth-order valence-electron chi connectivity index (χ4n) is 5.08. The smallest absolute Gasteiger partial charge is 0.232 e. The highest BCUT2D eigenvalue weighted by atomic mass is 16.3. The number of piperidine rings is 2. The van der Waals surface area contributed by atoms with Crippen LogP contribution in [0.4, 0.5) is 0 Å². The van der Waals surface area contributed by atoms with Crippen LogP contribution in [0.25, 0.3) is 10.8 Å². The quantitative estimate of drug-likeness (QED) is 0.213. The van der Waals surface area contributed by atoms with Crippen LogP contribution in [-0.2, 0) is 27.2 Å². The number of fused-ring (bicyclic) bond motifs is 1. The minimum absolute atomic E-state index is 0.0301. The van der Waals surface area contributed by atoms with Gasteiger partial charge in [-0.15, -0.1) is 0 Å². The van der Waals surface area contributed by atoms with Crippen molar-refractivity contribution in [2.24, 2.45) is 11.8 Å². The first kappa shape index (κ1) is 28.5. The predicted molar refractivity (Wildman–Crippen MR) is 146 cm³/mol. The summed E-state index contributed by atoms with van der Waals surface area (Å²) in [5.74, 6) is -4.21. The van der Waals surface area contributed by atoms with Crippen LogP contribution >= 0.6 is 0 Å². The van der Waals surface area contributed by atoms with Crippen molar-refractivity contribution >= 4 is 28.5 Å². The van der Waals surface area contributed by atoms with Gasteiger partial charge in [-0.1, -0.05) is 18.7 Å². The summed E-state index contributed by atoms with van der Waals surface area (Å²) in [5.41, 5.74) is 0.225. The Balaban J connectivity index is 1.52. The maximum absolute atomic E-state index is 13.2. The van der Waals surface area contributed by atoms with Crippen molar-refractivity contribution < 1.29 is 34.8 Å². The van der Waals surface area contributed by atoms with Gasteiger partial charge in [0.2, 0.25) is 28.9 Å². The third-order valence-corrected chi connectivity index (χ3v) is 7.53. The molecular formula is C28H34N4O8. The molecule has 2 unspecified atom stereocenters. The first-order chi connectivity index (χ1) is 19.1. The van der Waals surface area contributed by atoms with Gasteiger partial charge in [0.1, 0.15) is 0 Å². The number of phenols is 3. The van der Waals surface area contributed by atoms with E-state index in [1.54, 1.807) is 0 Å². The van der Waals surface area contributed by atoms with Gasteiger partial charge in [-0.3, -0.25) is 19.2 Å². The number of nitrogens with one attached hydrogen (secondary N) is 4. The van der Waals surface area contributed by atoms with Crippen LogP contribution in [-0.4, -0.2) is 64.3 Å². The molecule has 2 aliphatic heterocycles. The topological polar surface area (TPSA) is 197 Å². The Kier molecular flexibility index (Phi) is 8.66. The summed E-state index contributed by atoms with van der Waals surface area (Å²) in [6.45, 7) is 4.74. The molecule has 8 N–H and O–H groups in total. The molecule has 2 aromatic rings. The van der Waals surface area contributed by atoms with Crippen LogP contribution in [0.2, 0.25) is 0 Å². The van der Waals surface area contributed by atoms with Gasteiger partial charge in [-0.25, -0.2) is 0 Å². The lowest BCUT2D eigenvalue weighted by molar-refractivity contribution is -0.129. The second-order valence-electron chi connectivity index (χ2n) is 10.2. The average Bonchev–Trinajstić information content (AvgIpc) is 3.06. The molecule has 0 spiro atoms. The van der Waals surface area contributed by atoms with Crippen molar-refractivity contribution in [1.82, 2.24) is 21.3 Å². The predicted octanol–water partition coefficient (Wildman–Crippen LogP) is 0.379. The van der Waals surface area contributed by atoms with Crippen LogP contribution in [0, 0.1) is 11.8 Å². The molecule has 0 saturated carbocycles. The summed E-state index contributed by atoms with van der Waals surface area (Å²) in [5, 5.41) is 53.1. The lowest BCUT2D eigenvalue weighted by Crippen LogP contribution is -2.43. The molecule has 3 amide bonds. The van der Waals surface area contributed by atoms with Crippen molar-refractivity contribution in [1.29, 1.82) is 0 Å². The minimum atomic E-state index is -0.956. The number of hydrogen-bond acceptors (Lipinski definition) is 9. The Bertz CT molecular complexity index is 1400. The number of phenolic OH excluding ortho intramolecular Hbond substituents is 3. The maximum Gasteiger partial charge on any atom is 0.232 e. The van der Waals surface area contributed by atoms with E-state index in [0.29, 0.717) is 25.8 Å². The van der Waals surface area contributed by atoms with E-state index in [9.17, 15) is 39.6 Å². The molecule has 214 valence electrons. The van der Waals surface area contributed by atoms with E-state index in [1.807, 2.05) is 0 Å². The lowest BCUT2D eigenvalue weighted by Gasteiger charge is -2.24. The van der Waals surface area contributed by atoms with E-state index in [2.05, 4.69) is 27.8 Å². The number of benzene rings is 1. The molecule has 40 heavy (non-hydrogen) atoms. The molecule has 0 radical (unpaired) electrons. The zero-order chi connectivity index (χ0) is 29.0. The SMILES string of the molecule is C=C1CCC(C(=O)NCCc2c(O)c(O)c(O)c3c(=O)c(O)c(CCNC(=O)C4CCC(=O)NC4)ccc23)CN1. The van der Waals surface area contributed by atoms with Crippen molar-refractivity contribution in [2.45, 2.75) is 38.5 Å². The first-order valence-electron chi connectivity index (χ1n) is 13.3. The van der Waals surface area contributed by atoms with Gasteiger partial charge >= 0.3 is 0 Å². The Morgan fingerprint density at radius 3 is 2.05 bits per heavy atom. The molecule has 0 bridgehead atoms. The molecule has 2 aliphatic rings. The van der Waals surface area contributed by atoms with Gasteiger partial charge in [0.15, 0.2) is 17.2 Å². The maximum atomic E-state index is 13.2. The lowest BCUT2D eigenvalue weighted by atomic mass is 9.97. The largest absolute Gasteiger partial charge is 0.504 e. The molecule has 4 rings (SSSR count). The first-order valence-corrected chi connectivity index (χ1v) is 13.3. The Morgan fingerprint density at radius 1 is 0.825 bits per heavy atom. The Labute approximate surface area is 230 Å². The van der Waals surface area contributed by atoms with E-state index < -0.39 is 28.4 Å². The standard InChI is InChI=1S/C28H34N4O8/c1-14-2-3-16(12-31-14)27(39)30-11-9-19-18-6-4-15(8-10-29-28(40)17-5-7-20(33)32-13-17)22(34)24(36)21(18)25(37)26(38)23(19)35/h4,6,16-17,31,35,37-38H,1-3,5,7-13H2,(H,29,40)(H,30,39)(H,32,33)(H,34,36). The van der Waals surface area contributed by atoms with Gasteiger partial charge in [-0.2, -0.15) is 0 Å². The van der Waals surface area contributed by atoms with Gasteiger partial charge in [0, 0.05) is 43.9 Å². The van der Waals surface area contributed by atoms with Crippen LogP contribution in [0.15, 0.2) is 29.2 Å². The number of aromatic hydroxyl groups is 4. The summed E-state index contributed by atoms with van der Waals surface area (Å²) in [4.78, 5) is 49.4. The summed E-state index contributed by atoms with van der Waals surface area (Å²) in [6.07, 6.45) is 2.15. The third-order valence-electron chi connectivity index (χ3n) is 7.53. The highest BCUT2D eigenvalue weighted by Gasteiger charge is 2.26. The highest BCUT2D eigenvalue weighted by Crippen LogP contribution is 2.44. The van der Waals surface area contributed by atoms with E-state index in [0.717, 1.165) is 5.70 Å². The summed E-state index contributed by atoms with van der Waals surface area (Å²) in [6, 6.07) is 2.89. The second kappa shape index (κ2) is 12.1. The fraction of sp³-hybridized carbons (Fsp3) is 0.429. The number of carbonyl (C=O) groups excluding carboxylic acids is 3. The van der Waals surface area contributed by atoms with Crippen LogP contribution < -0.4 is 26.7 Å². The zero-order valence-electron chi connectivity index (χ0n) is 22.0. The van der Waals surface area contributed by atoms with E-state index in [1.165, 1.54) is 12.1 Å². The van der Waals surface area contributed by atoms with Crippen molar-refractivity contribution in [3.8, 4) is 23.0 Å². The van der Waals surface area contributed by atoms with E-state index >= 15 is 0 Å². The number of carbonyl (C=O) groups is 3. The highest BCUT2D eigenvalue weighted by molar-refractivity contribution is 5.96. The Hall–Kier alpha value is -4.48. The third kappa shape index (κ3) is 6.05. The van der Waals surface area contributed by atoms with Crippen LogP contribution in [0.1, 0.15) is 36.8 Å². The number of allylic oxidation sites excluding steroid dienone is 1. The van der Waals surface area contributed by atoms with Gasteiger partial charge in [0.05, 0.1) is 17.2 Å². The second-order valence-corrected chi connectivity index (χ2v) is 10.2.